The van der Waals surface area contributed by atoms with Gasteiger partial charge in [0.25, 0.3) is 0 Å². The number of nitrogens with zero attached hydrogens (tertiary/aromatic N) is 1. The van der Waals surface area contributed by atoms with Gasteiger partial charge in [0.2, 0.25) is 11.8 Å². The van der Waals surface area contributed by atoms with Gasteiger partial charge in [-0.25, -0.2) is 0 Å². The number of likely N-dealkylation sites (tertiary alicyclic amines) is 1. The SMILES string of the molecule is O=C(Nc1ccccc1OC(F)(F)F)[C@H]1CC(=O)N(CCc2ccccc2)C1. The lowest BCUT2D eigenvalue weighted by atomic mass is 10.1. The van der Waals surface area contributed by atoms with Crippen molar-refractivity contribution in [3.63, 3.8) is 0 Å². The van der Waals surface area contributed by atoms with Gasteiger partial charge in [-0.1, -0.05) is 42.5 Å². The van der Waals surface area contributed by atoms with Crippen LogP contribution in [0.3, 0.4) is 0 Å². The van der Waals surface area contributed by atoms with Crippen molar-refractivity contribution >= 4 is 17.5 Å². The first-order valence-corrected chi connectivity index (χ1v) is 8.79. The van der Waals surface area contributed by atoms with Crippen LogP contribution in [0.25, 0.3) is 0 Å². The van der Waals surface area contributed by atoms with Crippen molar-refractivity contribution in [2.45, 2.75) is 19.2 Å². The van der Waals surface area contributed by atoms with Crippen molar-refractivity contribution in [3.8, 4) is 5.75 Å². The zero-order valence-corrected chi connectivity index (χ0v) is 14.9. The molecule has 0 radical (unpaired) electrons. The summed E-state index contributed by atoms with van der Waals surface area (Å²) in [6.45, 7) is 0.722. The number of rotatable bonds is 6. The predicted octanol–water partition coefficient (Wildman–Crippen LogP) is 3.61. The summed E-state index contributed by atoms with van der Waals surface area (Å²) in [7, 11) is 0. The molecule has 2 amide bonds. The molecule has 1 aliphatic heterocycles. The Morgan fingerprint density at radius 3 is 2.50 bits per heavy atom. The van der Waals surface area contributed by atoms with E-state index in [0.29, 0.717) is 13.0 Å². The second-order valence-electron chi connectivity index (χ2n) is 6.51. The number of hydrogen-bond acceptors (Lipinski definition) is 3. The van der Waals surface area contributed by atoms with Crippen molar-refractivity contribution in [1.29, 1.82) is 0 Å². The molecule has 148 valence electrons. The molecule has 0 unspecified atom stereocenters. The van der Waals surface area contributed by atoms with E-state index < -0.39 is 23.9 Å². The average molecular weight is 392 g/mol. The molecule has 2 aromatic rings. The molecule has 3 rings (SSSR count). The van der Waals surface area contributed by atoms with Gasteiger partial charge in [0.05, 0.1) is 11.6 Å². The standard InChI is InChI=1S/C20H19F3N2O3/c21-20(22,23)28-17-9-5-4-8-16(17)24-19(27)15-12-18(26)25(13-15)11-10-14-6-2-1-3-7-14/h1-9,15H,10-13H2,(H,24,27)/t15-/m0/s1. The summed E-state index contributed by atoms with van der Waals surface area (Å²) in [6.07, 6.45) is -4.16. The number of ether oxygens (including phenoxy) is 1. The molecule has 0 spiro atoms. The lowest BCUT2D eigenvalue weighted by Crippen LogP contribution is -2.30. The Morgan fingerprint density at radius 2 is 1.79 bits per heavy atom. The third kappa shape index (κ3) is 5.25. The lowest BCUT2D eigenvalue weighted by molar-refractivity contribution is -0.274. The largest absolute Gasteiger partial charge is 0.573 e. The van der Waals surface area contributed by atoms with E-state index in [2.05, 4.69) is 10.1 Å². The summed E-state index contributed by atoms with van der Waals surface area (Å²) in [4.78, 5) is 26.3. The van der Waals surface area contributed by atoms with Gasteiger partial charge in [-0.15, -0.1) is 13.2 Å². The molecule has 1 N–H and O–H groups in total. The highest BCUT2D eigenvalue weighted by molar-refractivity contribution is 5.98. The molecule has 5 nitrogen and oxygen atoms in total. The maximum atomic E-state index is 12.5. The van der Waals surface area contributed by atoms with E-state index >= 15 is 0 Å². The van der Waals surface area contributed by atoms with Crippen molar-refractivity contribution in [3.05, 3.63) is 60.2 Å². The molecule has 1 atom stereocenters. The van der Waals surface area contributed by atoms with Crippen LogP contribution in [0.15, 0.2) is 54.6 Å². The van der Waals surface area contributed by atoms with Crippen LogP contribution in [-0.4, -0.2) is 36.2 Å². The zero-order chi connectivity index (χ0) is 20.1. The topological polar surface area (TPSA) is 58.6 Å². The maximum absolute atomic E-state index is 12.5. The van der Waals surface area contributed by atoms with Gasteiger partial charge in [-0.3, -0.25) is 9.59 Å². The Hall–Kier alpha value is -3.03. The van der Waals surface area contributed by atoms with E-state index in [-0.39, 0.29) is 24.6 Å². The molecule has 1 fully saturated rings. The van der Waals surface area contributed by atoms with Gasteiger partial charge in [0.15, 0.2) is 5.75 Å². The first-order valence-electron chi connectivity index (χ1n) is 8.79. The molecule has 1 aliphatic rings. The molecule has 28 heavy (non-hydrogen) atoms. The average Bonchev–Trinajstić information content (AvgIpc) is 3.02. The number of nitrogens with one attached hydrogen (secondary N) is 1. The monoisotopic (exact) mass is 392 g/mol. The van der Waals surface area contributed by atoms with Crippen LogP contribution < -0.4 is 10.1 Å². The van der Waals surface area contributed by atoms with Crippen molar-refractivity contribution in [2.24, 2.45) is 5.92 Å². The lowest BCUT2D eigenvalue weighted by Gasteiger charge is -2.17. The fourth-order valence-corrected chi connectivity index (χ4v) is 3.09. The number of amides is 2. The molecule has 0 saturated carbocycles. The molecule has 1 saturated heterocycles. The number of alkyl halides is 3. The smallest absolute Gasteiger partial charge is 0.404 e. The minimum Gasteiger partial charge on any atom is -0.404 e. The molecule has 2 aromatic carbocycles. The highest BCUT2D eigenvalue weighted by Gasteiger charge is 2.35. The summed E-state index contributed by atoms with van der Waals surface area (Å²) < 4.78 is 41.4. The van der Waals surface area contributed by atoms with Gasteiger partial charge < -0.3 is 15.0 Å². The normalized spacial score (nSPS) is 16.9. The molecule has 0 aromatic heterocycles. The van der Waals surface area contributed by atoms with Crippen LogP contribution >= 0.6 is 0 Å². The van der Waals surface area contributed by atoms with E-state index in [1.54, 1.807) is 4.90 Å². The number of anilines is 1. The Morgan fingerprint density at radius 1 is 1.11 bits per heavy atom. The molecular weight excluding hydrogens is 373 g/mol. The van der Waals surface area contributed by atoms with Gasteiger partial charge in [0.1, 0.15) is 0 Å². The van der Waals surface area contributed by atoms with Gasteiger partial charge >= 0.3 is 6.36 Å². The van der Waals surface area contributed by atoms with Crippen molar-refractivity contribution in [1.82, 2.24) is 4.90 Å². The fraction of sp³-hybridized carbons (Fsp3) is 0.300. The Kier molecular flexibility index (Phi) is 5.87. The zero-order valence-electron chi connectivity index (χ0n) is 14.9. The second-order valence-corrected chi connectivity index (χ2v) is 6.51. The molecule has 0 bridgehead atoms. The summed E-state index contributed by atoms with van der Waals surface area (Å²) >= 11 is 0. The molecular formula is C20H19F3N2O3. The third-order valence-electron chi connectivity index (χ3n) is 4.47. The number of hydrogen-bond donors (Lipinski definition) is 1. The Bertz CT molecular complexity index is 840. The van der Waals surface area contributed by atoms with Crippen LogP contribution in [0.5, 0.6) is 5.75 Å². The predicted molar refractivity (Wildman–Crippen MR) is 96.6 cm³/mol. The fourth-order valence-electron chi connectivity index (χ4n) is 3.09. The molecule has 1 heterocycles. The Balaban J connectivity index is 1.59. The quantitative estimate of drug-likeness (QED) is 0.817. The highest BCUT2D eigenvalue weighted by Crippen LogP contribution is 2.31. The Labute approximate surface area is 160 Å². The molecule has 8 heteroatoms. The van der Waals surface area contributed by atoms with E-state index in [1.165, 1.54) is 18.2 Å². The van der Waals surface area contributed by atoms with E-state index in [1.807, 2.05) is 30.3 Å². The number of carbonyl (C=O) groups excluding carboxylic acids is 2. The molecule has 0 aliphatic carbocycles. The third-order valence-corrected chi connectivity index (χ3v) is 4.47. The van der Waals surface area contributed by atoms with Gasteiger partial charge in [-0.05, 0) is 24.1 Å². The number of para-hydroxylation sites is 2. The second kappa shape index (κ2) is 8.33. The first-order chi connectivity index (χ1) is 13.3. The number of carbonyl (C=O) groups is 2. The number of halogens is 3. The van der Waals surface area contributed by atoms with E-state index in [9.17, 15) is 22.8 Å². The van der Waals surface area contributed by atoms with Gasteiger partial charge in [0, 0.05) is 19.5 Å². The summed E-state index contributed by atoms with van der Waals surface area (Å²) in [5.74, 6) is -1.76. The minimum atomic E-state index is -4.86. The first kappa shape index (κ1) is 19.7. The van der Waals surface area contributed by atoms with E-state index in [4.69, 9.17) is 0 Å². The minimum absolute atomic E-state index is 0.0307. The summed E-state index contributed by atoms with van der Waals surface area (Å²) in [5.41, 5.74) is 1.00. The summed E-state index contributed by atoms with van der Waals surface area (Å²) in [5, 5.41) is 2.45. The van der Waals surface area contributed by atoms with Crippen LogP contribution in [0.1, 0.15) is 12.0 Å². The van der Waals surface area contributed by atoms with Crippen LogP contribution in [-0.2, 0) is 16.0 Å². The summed E-state index contributed by atoms with van der Waals surface area (Å²) in [6, 6.07) is 15.0. The highest BCUT2D eigenvalue weighted by atomic mass is 19.4. The van der Waals surface area contributed by atoms with E-state index in [0.717, 1.165) is 11.6 Å². The number of benzene rings is 2. The van der Waals surface area contributed by atoms with Crippen LogP contribution in [0, 0.1) is 5.92 Å². The maximum Gasteiger partial charge on any atom is 0.573 e. The van der Waals surface area contributed by atoms with Gasteiger partial charge in [-0.2, -0.15) is 0 Å². The van der Waals surface area contributed by atoms with Crippen molar-refractivity contribution < 1.29 is 27.5 Å². The van der Waals surface area contributed by atoms with Crippen LogP contribution in [0.4, 0.5) is 18.9 Å². The van der Waals surface area contributed by atoms with Crippen LogP contribution in [0.2, 0.25) is 0 Å². The van der Waals surface area contributed by atoms with Crippen molar-refractivity contribution in [2.75, 3.05) is 18.4 Å².